The van der Waals surface area contributed by atoms with Crippen molar-refractivity contribution < 1.29 is 9.59 Å². The number of nitrogens with zero attached hydrogens (tertiary/aromatic N) is 3. The minimum Gasteiger partial charge on any atom is -0.357 e. The lowest BCUT2D eigenvalue weighted by atomic mass is 10.0. The van der Waals surface area contributed by atoms with E-state index in [0.717, 1.165) is 5.56 Å². The maximum Gasteiger partial charge on any atom is 0.270 e. The van der Waals surface area contributed by atoms with Crippen molar-refractivity contribution in [1.29, 1.82) is 0 Å². The SMILES string of the molecule is CNc1nc(C)cc(C(=O)N[C@H](Cc2ccccc2)C(=O)N(C)C)n1. The van der Waals surface area contributed by atoms with Crippen LogP contribution in [0.5, 0.6) is 0 Å². The van der Waals surface area contributed by atoms with Crippen LogP contribution in [-0.2, 0) is 11.2 Å². The molecule has 0 aliphatic heterocycles. The monoisotopic (exact) mass is 341 g/mol. The second-order valence-corrected chi connectivity index (χ2v) is 5.92. The minimum atomic E-state index is -0.668. The third-order valence-corrected chi connectivity index (χ3v) is 3.64. The third-order valence-electron chi connectivity index (χ3n) is 3.64. The van der Waals surface area contributed by atoms with Crippen molar-refractivity contribution in [2.24, 2.45) is 0 Å². The number of aryl methyl sites for hydroxylation is 1. The Hall–Kier alpha value is -2.96. The minimum absolute atomic E-state index is 0.170. The van der Waals surface area contributed by atoms with Gasteiger partial charge in [-0.15, -0.1) is 0 Å². The number of amides is 2. The van der Waals surface area contributed by atoms with E-state index in [-0.39, 0.29) is 11.6 Å². The van der Waals surface area contributed by atoms with Crippen molar-refractivity contribution in [1.82, 2.24) is 20.2 Å². The van der Waals surface area contributed by atoms with Gasteiger partial charge >= 0.3 is 0 Å². The van der Waals surface area contributed by atoms with Gasteiger partial charge < -0.3 is 15.5 Å². The first-order chi connectivity index (χ1) is 11.9. The van der Waals surface area contributed by atoms with E-state index in [9.17, 15) is 9.59 Å². The molecule has 2 aromatic rings. The van der Waals surface area contributed by atoms with Crippen molar-refractivity contribution in [2.75, 3.05) is 26.5 Å². The van der Waals surface area contributed by atoms with E-state index in [4.69, 9.17) is 0 Å². The number of rotatable bonds is 6. The summed E-state index contributed by atoms with van der Waals surface area (Å²) in [5.74, 6) is -0.210. The Morgan fingerprint density at radius 1 is 1.16 bits per heavy atom. The molecule has 0 aliphatic rings. The van der Waals surface area contributed by atoms with E-state index in [1.807, 2.05) is 30.3 Å². The second-order valence-electron chi connectivity index (χ2n) is 5.92. The zero-order chi connectivity index (χ0) is 18.4. The third kappa shape index (κ3) is 5.00. The molecular weight excluding hydrogens is 318 g/mol. The van der Waals surface area contributed by atoms with E-state index in [1.165, 1.54) is 4.90 Å². The number of hydrogen-bond donors (Lipinski definition) is 2. The molecule has 2 rings (SSSR count). The second kappa shape index (κ2) is 8.23. The van der Waals surface area contributed by atoms with Gasteiger partial charge in [0.05, 0.1) is 0 Å². The fraction of sp³-hybridized carbons (Fsp3) is 0.333. The number of aromatic nitrogens is 2. The highest BCUT2D eigenvalue weighted by atomic mass is 16.2. The van der Waals surface area contributed by atoms with Crippen LogP contribution in [0, 0.1) is 6.92 Å². The van der Waals surface area contributed by atoms with Crippen LogP contribution in [0.2, 0.25) is 0 Å². The number of nitrogens with one attached hydrogen (secondary N) is 2. The first-order valence-corrected chi connectivity index (χ1v) is 8.00. The maximum atomic E-state index is 12.6. The van der Waals surface area contributed by atoms with Crippen molar-refractivity contribution in [3.63, 3.8) is 0 Å². The predicted molar refractivity (Wildman–Crippen MR) is 96.4 cm³/mol. The highest BCUT2D eigenvalue weighted by Gasteiger charge is 2.24. The highest BCUT2D eigenvalue weighted by molar-refractivity contribution is 5.96. The molecule has 0 radical (unpaired) electrons. The lowest BCUT2D eigenvalue weighted by Gasteiger charge is -2.22. The Labute approximate surface area is 147 Å². The lowest BCUT2D eigenvalue weighted by Crippen LogP contribution is -2.47. The molecular formula is C18H23N5O2. The Balaban J connectivity index is 2.22. The summed E-state index contributed by atoms with van der Waals surface area (Å²) in [6.45, 7) is 1.78. The van der Waals surface area contributed by atoms with Crippen molar-refractivity contribution in [2.45, 2.75) is 19.4 Å². The van der Waals surface area contributed by atoms with E-state index in [1.54, 1.807) is 34.1 Å². The number of carbonyl (C=O) groups is 2. The summed E-state index contributed by atoms with van der Waals surface area (Å²) in [6.07, 6.45) is 0.409. The van der Waals surface area contributed by atoms with Gasteiger partial charge in [-0.3, -0.25) is 9.59 Å². The molecule has 7 nitrogen and oxygen atoms in total. The molecule has 25 heavy (non-hydrogen) atoms. The van der Waals surface area contributed by atoms with E-state index >= 15 is 0 Å². The molecule has 0 saturated heterocycles. The summed E-state index contributed by atoms with van der Waals surface area (Å²) in [5, 5.41) is 5.61. The largest absolute Gasteiger partial charge is 0.357 e. The summed E-state index contributed by atoms with van der Waals surface area (Å²) in [7, 11) is 5.02. The summed E-state index contributed by atoms with van der Waals surface area (Å²) in [5.41, 5.74) is 1.86. The maximum absolute atomic E-state index is 12.6. The van der Waals surface area contributed by atoms with Crippen molar-refractivity contribution in [3.8, 4) is 0 Å². The predicted octanol–water partition coefficient (Wildman–Crippen LogP) is 1.26. The van der Waals surface area contributed by atoms with Crippen LogP contribution in [0.1, 0.15) is 21.7 Å². The molecule has 0 unspecified atom stereocenters. The average Bonchev–Trinajstić information content (AvgIpc) is 2.60. The van der Waals surface area contributed by atoms with Gasteiger partial charge in [-0.05, 0) is 18.6 Å². The average molecular weight is 341 g/mol. The van der Waals surface area contributed by atoms with Gasteiger partial charge in [-0.25, -0.2) is 9.97 Å². The molecule has 0 fully saturated rings. The molecule has 2 N–H and O–H groups in total. The van der Waals surface area contributed by atoms with Gasteiger partial charge in [-0.1, -0.05) is 30.3 Å². The van der Waals surface area contributed by atoms with Crippen molar-refractivity contribution in [3.05, 3.63) is 53.3 Å². The molecule has 1 heterocycles. The molecule has 7 heteroatoms. The summed E-state index contributed by atoms with van der Waals surface area (Å²) in [4.78, 5) is 34.9. The van der Waals surface area contributed by atoms with E-state index in [2.05, 4.69) is 20.6 Å². The Kier molecular flexibility index (Phi) is 6.05. The normalized spacial score (nSPS) is 11.5. The van der Waals surface area contributed by atoms with E-state index < -0.39 is 11.9 Å². The van der Waals surface area contributed by atoms with Gasteiger partial charge in [0.1, 0.15) is 11.7 Å². The molecule has 2 amide bonds. The van der Waals surface area contributed by atoms with Gasteiger partial charge in [0.2, 0.25) is 11.9 Å². The van der Waals surface area contributed by atoms with Crippen LogP contribution >= 0.6 is 0 Å². The smallest absolute Gasteiger partial charge is 0.270 e. The quantitative estimate of drug-likeness (QED) is 0.826. The first kappa shape index (κ1) is 18.4. The molecule has 1 aromatic heterocycles. The van der Waals surface area contributed by atoms with Crippen LogP contribution in [0.4, 0.5) is 5.95 Å². The molecule has 1 atom stereocenters. The first-order valence-electron chi connectivity index (χ1n) is 8.00. The van der Waals surface area contributed by atoms with Crippen LogP contribution in [0.3, 0.4) is 0 Å². The van der Waals surface area contributed by atoms with Crippen LogP contribution in [-0.4, -0.2) is 53.9 Å². The van der Waals surface area contributed by atoms with Crippen LogP contribution < -0.4 is 10.6 Å². The molecule has 0 saturated carbocycles. The fourth-order valence-corrected chi connectivity index (χ4v) is 2.39. The molecule has 0 spiro atoms. The van der Waals surface area contributed by atoms with Gasteiger partial charge in [0.15, 0.2) is 0 Å². The lowest BCUT2D eigenvalue weighted by molar-refractivity contribution is -0.130. The number of benzene rings is 1. The highest BCUT2D eigenvalue weighted by Crippen LogP contribution is 2.08. The number of anilines is 1. The Bertz CT molecular complexity index is 746. The van der Waals surface area contributed by atoms with Gasteiger partial charge in [0, 0.05) is 33.3 Å². The standard InChI is InChI=1S/C18H23N5O2/c1-12-10-14(22-18(19-2)20-12)16(24)21-15(17(25)23(3)4)11-13-8-6-5-7-9-13/h5-10,15H,11H2,1-4H3,(H,21,24)(H,19,20,22)/t15-/m1/s1. The molecule has 1 aromatic carbocycles. The van der Waals surface area contributed by atoms with Crippen LogP contribution in [0.15, 0.2) is 36.4 Å². The number of likely N-dealkylation sites (N-methyl/N-ethyl adjacent to an activating group) is 1. The van der Waals surface area contributed by atoms with E-state index in [0.29, 0.717) is 18.1 Å². The Morgan fingerprint density at radius 2 is 1.84 bits per heavy atom. The number of carbonyl (C=O) groups excluding carboxylic acids is 2. The summed E-state index contributed by atoms with van der Waals surface area (Å²) < 4.78 is 0. The topological polar surface area (TPSA) is 87.2 Å². The van der Waals surface area contributed by atoms with Gasteiger partial charge in [-0.2, -0.15) is 0 Å². The number of hydrogen-bond acceptors (Lipinski definition) is 5. The molecule has 0 aliphatic carbocycles. The van der Waals surface area contributed by atoms with Gasteiger partial charge in [0.25, 0.3) is 5.91 Å². The fourth-order valence-electron chi connectivity index (χ4n) is 2.39. The zero-order valence-electron chi connectivity index (χ0n) is 14.9. The molecule has 0 bridgehead atoms. The zero-order valence-corrected chi connectivity index (χ0v) is 14.9. The Morgan fingerprint density at radius 3 is 2.44 bits per heavy atom. The van der Waals surface area contributed by atoms with Crippen molar-refractivity contribution >= 4 is 17.8 Å². The summed E-state index contributed by atoms with van der Waals surface area (Å²) in [6, 6.07) is 10.5. The van der Waals surface area contributed by atoms with Crippen LogP contribution in [0.25, 0.3) is 0 Å². The summed E-state index contributed by atoms with van der Waals surface area (Å²) >= 11 is 0. The molecule has 132 valence electrons.